The molecule has 2 aromatic carbocycles. The number of thiocarbonyl (C=S) groups is 1. The highest BCUT2D eigenvalue weighted by Crippen LogP contribution is 2.28. The van der Waals surface area contributed by atoms with E-state index in [2.05, 4.69) is 10.6 Å². The topological polar surface area (TPSA) is 47.8 Å². The number of nitrogens with zero attached hydrogens (tertiary/aromatic N) is 1. The number of benzene rings is 2. The summed E-state index contributed by atoms with van der Waals surface area (Å²) in [6.45, 7) is 0.763. The van der Waals surface area contributed by atoms with Crippen LogP contribution in [-0.4, -0.2) is 5.11 Å². The normalized spacial score (nSPS) is 10.8. The number of hydrogen-bond donors (Lipinski definition) is 2. The zero-order valence-corrected chi connectivity index (χ0v) is 13.6. The summed E-state index contributed by atoms with van der Waals surface area (Å²) in [4.78, 5) is 0. The van der Waals surface area contributed by atoms with Crippen molar-refractivity contribution in [3.05, 3.63) is 65.0 Å². The predicted molar refractivity (Wildman–Crippen MR) is 90.2 cm³/mol. The quantitative estimate of drug-likeness (QED) is 0.808. The number of hydrogen-bond acceptors (Lipinski definition) is 2. The zero-order valence-electron chi connectivity index (χ0n) is 12.7. The van der Waals surface area contributed by atoms with Crippen LogP contribution in [-0.2, 0) is 12.5 Å². The molecule has 3 nitrogen and oxygen atoms in total. The van der Waals surface area contributed by atoms with Crippen LogP contribution in [0.15, 0.2) is 42.5 Å². The highest BCUT2D eigenvalue weighted by molar-refractivity contribution is 7.80. The number of anilines is 1. The van der Waals surface area contributed by atoms with Gasteiger partial charge in [0, 0.05) is 30.3 Å². The molecule has 0 saturated heterocycles. The van der Waals surface area contributed by atoms with Gasteiger partial charge in [0.15, 0.2) is 5.11 Å². The summed E-state index contributed by atoms with van der Waals surface area (Å²) in [6, 6.07) is 12.0. The third-order valence-corrected chi connectivity index (χ3v) is 3.50. The molecule has 0 heterocycles. The van der Waals surface area contributed by atoms with Crippen LogP contribution in [0, 0.1) is 17.1 Å². The minimum absolute atomic E-state index is 0.0468. The minimum Gasteiger partial charge on any atom is -0.358 e. The standard InChI is InChI=1S/C17H14F3N3S/c1-17(19,20)13-6-5-12(15(18)8-13)10-22-16(24)23-14-4-2-3-11(7-14)9-21/h2-8H,10H2,1H3,(H2,22,23,24). The second-order valence-corrected chi connectivity index (χ2v) is 5.60. The molecule has 24 heavy (non-hydrogen) atoms. The van der Waals surface area contributed by atoms with Crippen LogP contribution in [0.5, 0.6) is 0 Å². The van der Waals surface area contributed by atoms with Crippen molar-refractivity contribution < 1.29 is 13.2 Å². The Kier molecular flexibility index (Phi) is 5.42. The largest absolute Gasteiger partial charge is 0.358 e. The maximum absolute atomic E-state index is 13.9. The molecule has 2 aromatic rings. The molecule has 0 aliphatic heterocycles. The van der Waals surface area contributed by atoms with E-state index >= 15 is 0 Å². The van der Waals surface area contributed by atoms with Crippen molar-refractivity contribution in [2.45, 2.75) is 19.4 Å². The number of nitriles is 1. The first-order valence-electron chi connectivity index (χ1n) is 7.01. The zero-order chi connectivity index (χ0) is 17.7. The summed E-state index contributed by atoms with van der Waals surface area (Å²) in [6.07, 6.45) is 0. The van der Waals surface area contributed by atoms with Gasteiger partial charge in [0.1, 0.15) is 5.82 Å². The van der Waals surface area contributed by atoms with E-state index in [0.29, 0.717) is 18.2 Å². The van der Waals surface area contributed by atoms with Gasteiger partial charge in [-0.2, -0.15) is 5.26 Å². The van der Waals surface area contributed by atoms with E-state index < -0.39 is 11.7 Å². The van der Waals surface area contributed by atoms with E-state index in [1.54, 1.807) is 24.3 Å². The van der Waals surface area contributed by atoms with Crippen LogP contribution in [0.2, 0.25) is 0 Å². The molecule has 0 aliphatic carbocycles. The molecule has 0 aliphatic rings. The van der Waals surface area contributed by atoms with E-state index in [4.69, 9.17) is 17.5 Å². The maximum Gasteiger partial charge on any atom is 0.270 e. The Morgan fingerprint density at radius 2 is 2.00 bits per heavy atom. The Morgan fingerprint density at radius 1 is 1.25 bits per heavy atom. The SMILES string of the molecule is CC(F)(F)c1ccc(CNC(=S)Nc2cccc(C#N)c2)c(F)c1. The van der Waals surface area contributed by atoms with Crippen molar-refractivity contribution in [1.82, 2.24) is 5.32 Å². The Morgan fingerprint density at radius 3 is 2.62 bits per heavy atom. The lowest BCUT2D eigenvalue weighted by molar-refractivity contribution is 0.0171. The molecular weight excluding hydrogens is 335 g/mol. The highest BCUT2D eigenvalue weighted by atomic mass is 32.1. The second kappa shape index (κ2) is 7.32. The summed E-state index contributed by atoms with van der Waals surface area (Å²) in [5, 5.41) is 14.7. The third-order valence-electron chi connectivity index (χ3n) is 3.25. The Bertz CT molecular complexity index is 794. The minimum atomic E-state index is -3.09. The molecule has 0 amide bonds. The highest BCUT2D eigenvalue weighted by Gasteiger charge is 2.25. The molecular formula is C17H14F3N3S. The third kappa shape index (κ3) is 4.70. The molecule has 0 bridgehead atoms. The molecule has 0 radical (unpaired) electrons. The molecule has 0 saturated carbocycles. The predicted octanol–water partition coefficient (Wildman–Crippen LogP) is 4.30. The van der Waals surface area contributed by atoms with E-state index in [1.807, 2.05) is 6.07 Å². The number of nitrogens with one attached hydrogen (secondary N) is 2. The lowest BCUT2D eigenvalue weighted by Gasteiger charge is -2.14. The van der Waals surface area contributed by atoms with Crippen LogP contribution in [0.1, 0.15) is 23.6 Å². The maximum atomic E-state index is 13.9. The van der Waals surface area contributed by atoms with Crippen molar-refractivity contribution in [3.63, 3.8) is 0 Å². The van der Waals surface area contributed by atoms with Crippen LogP contribution in [0.3, 0.4) is 0 Å². The molecule has 2 N–H and O–H groups in total. The number of alkyl halides is 2. The Balaban J connectivity index is 1.98. The summed E-state index contributed by atoms with van der Waals surface area (Å²) >= 11 is 5.10. The monoisotopic (exact) mass is 349 g/mol. The van der Waals surface area contributed by atoms with Crippen LogP contribution < -0.4 is 10.6 Å². The summed E-state index contributed by atoms with van der Waals surface area (Å²) in [7, 11) is 0. The van der Waals surface area contributed by atoms with Crippen molar-refractivity contribution in [2.24, 2.45) is 0 Å². The van der Waals surface area contributed by atoms with Gasteiger partial charge in [-0.25, -0.2) is 13.2 Å². The van der Waals surface area contributed by atoms with Crippen molar-refractivity contribution >= 4 is 23.0 Å². The molecule has 2 rings (SSSR count). The van der Waals surface area contributed by atoms with Gasteiger partial charge in [0.2, 0.25) is 0 Å². The fourth-order valence-electron chi connectivity index (χ4n) is 1.98. The average Bonchev–Trinajstić information content (AvgIpc) is 2.53. The Hall–Kier alpha value is -2.59. The van der Waals surface area contributed by atoms with Crippen molar-refractivity contribution in [2.75, 3.05) is 5.32 Å². The van der Waals surface area contributed by atoms with Crippen LogP contribution >= 0.6 is 12.2 Å². The number of rotatable bonds is 4. The van der Waals surface area contributed by atoms with Crippen molar-refractivity contribution in [1.29, 1.82) is 5.26 Å². The van der Waals surface area contributed by atoms with Gasteiger partial charge in [0.05, 0.1) is 11.6 Å². The fourth-order valence-corrected chi connectivity index (χ4v) is 2.17. The lowest BCUT2D eigenvalue weighted by atomic mass is 10.1. The van der Waals surface area contributed by atoms with E-state index in [1.165, 1.54) is 12.1 Å². The fraction of sp³-hybridized carbons (Fsp3) is 0.176. The molecule has 0 atom stereocenters. The summed E-state index contributed by atoms with van der Waals surface area (Å²) in [5.74, 6) is -3.81. The van der Waals surface area contributed by atoms with Crippen LogP contribution in [0.4, 0.5) is 18.9 Å². The second-order valence-electron chi connectivity index (χ2n) is 5.19. The molecule has 0 aromatic heterocycles. The Labute approximate surface area is 143 Å². The van der Waals surface area contributed by atoms with Gasteiger partial charge < -0.3 is 10.6 Å². The van der Waals surface area contributed by atoms with Crippen molar-refractivity contribution in [3.8, 4) is 6.07 Å². The molecule has 124 valence electrons. The number of halogens is 3. The summed E-state index contributed by atoms with van der Waals surface area (Å²) in [5.41, 5.74) is 0.939. The first-order valence-corrected chi connectivity index (χ1v) is 7.42. The molecule has 7 heteroatoms. The first kappa shape index (κ1) is 17.8. The van der Waals surface area contributed by atoms with Gasteiger partial charge in [-0.1, -0.05) is 18.2 Å². The van der Waals surface area contributed by atoms with E-state index in [-0.39, 0.29) is 22.8 Å². The van der Waals surface area contributed by atoms with Crippen LogP contribution in [0.25, 0.3) is 0 Å². The smallest absolute Gasteiger partial charge is 0.270 e. The first-order chi connectivity index (χ1) is 11.3. The average molecular weight is 349 g/mol. The molecule has 0 spiro atoms. The van der Waals surface area contributed by atoms with E-state index in [0.717, 1.165) is 6.07 Å². The molecule has 0 unspecified atom stereocenters. The van der Waals surface area contributed by atoms with Gasteiger partial charge in [-0.05, 0) is 36.5 Å². The van der Waals surface area contributed by atoms with Gasteiger partial charge in [-0.3, -0.25) is 0 Å². The van der Waals surface area contributed by atoms with E-state index in [9.17, 15) is 13.2 Å². The van der Waals surface area contributed by atoms with Gasteiger partial charge >= 0.3 is 0 Å². The van der Waals surface area contributed by atoms with Gasteiger partial charge in [0.25, 0.3) is 5.92 Å². The summed E-state index contributed by atoms with van der Waals surface area (Å²) < 4.78 is 40.2. The lowest BCUT2D eigenvalue weighted by Crippen LogP contribution is -2.28. The molecule has 0 fully saturated rings. The van der Waals surface area contributed by atoms with Gasteiger partial charge in [-0.15, -0.1) is 0 Å².